The van der Waals surface area contributed by atoms with Crippen molar-refractivity contribution in [1.82, 2.24) is 0 Å². The lowest BCUT2D eigenvalue weighted by Crippen LogP contribution is -1.88. The Labute approximate surface area is 78.5 Å². The monoisotopic (exact) mass is 229 g/mol. The van der Waals surface area contributed by atoms with Gasteiger partial charge in [0.2, 0.25) is 0 Å². The third-order valence-electron chi connectivity index (χ3n) is 1.60. The minimum atomic E-state index is -0.512. The fourth-order valence-corrected chi connectivity index (χ4v) is 1.30. The number of nitrogens with zero attached hydrogens (tertiary/aromatic N) is 1. The van der Waals surface area contributed by atoms with E-state index in [0.29, 0.717) is 5.56 Å². The zero-order valence-electron chi connectivity index (χ0n) is 6.49. The number of nitroso groups, excluding NO2 is 1. The molecule has 0 aliphatic rings. The Kier molecular flexibility index (Phi) is 2.81. The molecule has 0 fully saturated rings. The van der Waals surface area contributed by atoms with Crippen LogP contribution in [0, 0.1) is 4.91 Å². The second-order valence-corrected chi connectivity index (χ2v) is 3.40. The SMILES string of the molecule is CC(N=O)c1cc(Br)ccc1O. The lowest BCUT2D eigenvalue weighted by molar-refractivity contribution is 0.463. The summed E-state index contributed by atoms with van der Waals surface area (Å²) in [5, 5.41) is 12.1. The van der Waals surface area contributed by atoms with E-state index in [0.717, 1.165) is 4.47 Å². The van der Waals surface area contributed by atoms with Crippen molar-refractivity contribution in [3.05, 3.63) is 33.1 Å². The van der Waals surface area contributed by atoms with Crippen LogP contribution < -0.4 is 0 Å². The summed E-state index contributed by atoms with van der Waals surface area (Å²) in [6, 6.07) is 4.40. The number of hydrogen-bond acceptors (Lipinski definition) is 3. The van der Waals surface area contributed by atoms with Crippen LogP contribution in [0.3, 0.4) is 0 Å². The summed E-state index contributed by atoms with van der Waals surface area (Å²) in [4.78, 5) is 10.2. The van der Waals surface area contributed by atoms with E-state index in [1.165, 1.54) is 6.07 Å². The number of halogens is 1. The number of phenolic OH excluding ortho intramolecular Hbond substituents is 1. The maximum Gasteiger partial charge on any atom is 0.121 e. The molecular weight excluding hydrogens is 222 g/mol. The van der Waals surface area contributed by atoms with E-state index >= 15 is 0 Å². The maximum atomic E-state index is 10.2. The van der Waals surface area contributed by atoms with Crippen LogP contribution in [0.25, 0.3) is 0 Å². The molecule has 1 atom stereocenters. The summed E-state index contributed by atoms with van der Waals surface area (Å²) < 4.78 is 0.825. The van der Waals surface area contributed by atoms with Gasteiger partial charge in [-0.2, -0.15) is 4.91 Å². The lowest BCUT2D eigenvalue weighted by atomic mass is 10.1. The minimum Gasteiger partial charge on any atom is -0.508 e. The predicted molar refractivity (Wildman–Crippen MR) is 50.0 cm³/mol. The first kappa shape index (κ1) is 9.19. The Hall–Kier alpha value is -0.900. The second-order valence-electron chi connectivity index (χ2n) is 2.48. The zero-order chi connectivity index (χ0) is 9.14. The van der Waals surface area contributed by atoms with Gasteiger partial charge in [0.05, 0.1) is 0 Å². The van der Waals surface area contributed by atoms with Crippen molar-refractivity contribution in [1.29, 1.82) is 0 Å². The molecule has 1 rings (SSSR count). The average Bonchev–Trinajstić information content (AvgIpc) is 2.08. The molecule has 1 aromatic carbocycles. The van der Waals surface area contributed by atoms with Crippen LogP contribution in [0.1, 0.15) is 18.5 Å². The van der Waals surface area contributed by atoms with Crippen LogP contribution in [0.2, 0.25) is 0 Å². The first-order valence-electron chi connectivity index (χ1n) is 3.46. The fourth-order valence-electron chi connectivity index (χ4n) is 0.917. The molecule has 0 amide bonds. The van der Waals surface area contributed by atoms with Crippen molar-refractivity contribution in [2.75, 3.05) is 0 Å². The fraction of sp³-hybridized carbons (Fsp3) is 0.250. The molecule has 0 bridgehead atoms. The van der Waals surface area contributed by atoms with Gasteiger partial charge in [0.1, 0.15) is 11.8 Å². The topological polar surface area (TPSA) is 49.7 Å². The molecule has 64 valence electrons. The highest BCUT2D eigenvalue weighted by molar-refractivity contribution is 9.10. The van der Waals surface area contributed by atoms with Crippen molar-refractivity contribution in [3.8, 4) is 5.75 Å². The standard InChI is InChI=1S/C8H8BrNO2/c1-5(10-12)7-4-6(9)2-3-8(7)11/h2-5,11H,1H3. The van der Waals surface area contributed by atoms with E-state index in [2.05, 4.69) is 21.1 Å². The van der Waals surface area contributed by atoms with Gasteiger partial charge in [0.15, 0.2) is 0 Å². The Balaban J connectivity index is 3.12. The van der Waals surface area contributed by atoms with Crippen molar-refractivity contribution in [3.63, 3.8) is 0 Å². The highest BCUT2D eigenvalue weighted by atomic mass is 79.9. The molecule has 0 spiro atoms. The molecule has 0 aromatic heterocycles. The molecule has 12 heavy (non-hydrogen) atoms. The molecule has 3 nitrogen and oxygen atoms in total. The molecule has 1 N–H and O–H groups in total. The van der Waals surface area contributed by atoms with E-state index < -0.39 is 6.04 Å². The summed E-state index contributed by atoms with van der Waals surface area (Å²) in [6.45, 7) is 1.63. The van der Waals surface area contributed by atoms with Gasteiger partial charge in [-0.1, -0.05) is 21.1 Å². The molecule has 1 aromatic rings. The van der Waals surface area contributed by atoms with Gasteiger partial charge in [-0.05, 0) is 25.1 Å². The highest BCUT2D eigenvalue weighted by Crippen LogP contribution is 2.28. The quantitative estimate of drug-likeness (QED) is 0.794. The summed E-state index contributed by atoms with van der Waals surface area (Å²) >= 11 is 3.24. The normalized spacial score (nSPS) is 12.5. The molecule has 0 saturated carbocycles. The van der Waals surface area contributed by atoms with Crippen LogP contribution in [-0.4, -0.2) is 5.11 Å². The number of aromatic hydroxyl groups is 1. The molecule has 0 saturated heterocycles. The second kappa shape index (κ2) is 3.67. The Bertz CT molecular complexity index is 301. The number of hydrogen-bond donors (Lipinski definition) is 1. The maximum absolute atomic E-state index is 10.2. The first-order chi connectivity index (χ1) is 5.65. The van der Waals surface area contributed by atoms with Gasteiger partial charge in [-0.3, -0.25) is 0 Å². The highest BCUT2D eigenvalue weighted by Gasteiger charge is 2.10. The van der Waals surface area contributed by atoms with Gasteiger partial charge in [0.25, 0.3) is 0 Å². The van der Waals surface area contributed by atoms with Gasteiger partial charge in [-0.15, -0.1) is 0 Å². The number of rotatable bonds is 2. The van der Waals surface area contributed by atoms with Crippen molar-refractivity contribution >= 4 is 15.9 Å². The zero-order valence-corrected chi connectivity index (χ0v) is 8.08. The lowest BCUT2D eigenvalue weighted by Gasteiger charge is -2.05. The summed E-state index contributed by atoms with van der Waals surface area (Å²) in [6.07, 6.45) is 0. The number of phenols is 1. The van der Waals surface area contributed by atoms with Gasteiger partial charge in [0, 0.05) is 10.0 Å². The molecule has 0 radical (unpaired) electrons. The van der Waals surface area contributed by atoms with E-state index in [1.807, 2.05) is 0 Å². The third-order valence-corrected chi connectivity index (χ3v) is 2.09. The van der Waals surface area contributed by atoms with Gasteiger partial charge in [-0.25, -0.2) is 0 Å². The summed E-state index contributed by atoms with van der Waals surface area (Å²) in [7, 11) is 0. The van der Waals surface area contributed by atoms with Crippen molar-refractivity contribution in [2.45, 2.75) is 13.0 Å². The van der Waals surface area contributed by atoms with E-state index in [1.54, 1.807) is 19.1 Å². The Morgan fingerprint density at radius 3 is 2.83 bits per heavy atom. The largest absolute Gasteiger partial charge is 0.508 e. The van der Waals surface area contributed by atoms with Crippen LogP contribution in [0.4, 0.5) is 0 Å². The molecular formula is C8H8BrNO2. The molecule has 0 heterocycles. The molecule has 4 heteroatoms. The van der Waals surface area contributed by atoms with Crippen molar-refractivity contribution < 1.29 is 5.11 Å². The van der Waals surface area contributed by atoms with Crippen molar-refractivity contribution in [2.24, 2.45) is 5.18 Å². The van der Waals surface area contributed by atoms with E-state index in [4.69, 9.17) is 0 Å². The Morgan fingerprint density at radius 1 is 1.58 bits per heavy atom. The van der Waals surface area contributed by atoms with Gasteiger partial charge < -0.3 is 5.11 Å². The van der Waals surface area contributed by atoms with E-state index in [-0.39, 0.29) is 5.75 Å². The third kappa shape index (κ3) is 1.82. The minimum absolute atomic E-state index is 0.102. The Morgan fingerprint density at radius 2 is 2.25 bits per heavy atom. The smallest absolute Gasteiger partial charge is 0.121 e. The van der Waals surface area contributed by atoms with Crippen LogP contribution in [0.5, 0.6) is 5.75 Å². The molecule has 0 aliphatic heterocycles. The van der Waals surface area contributed by atoms with Gasteiger partial charge >= 0.3 is 0 Å². The predicted octanol–water partition coefficient (Wildman–Crippen LogP) is 2.98. The van der Waals surface area contributed by atoms with Crippen LogP contribution in [0.15, 0.2) is 27.8 Å². The first-order valence-corrected chi connectivity index (χ1v) is 4.25. The van der Waals surface area contributed by atoms with Crippen LogP contribution in [-0.2, 0) is 0 Å². The average molecular weight is 230 g/mol. The van der Waals surface area contributed by atoms with Crippen LogP contribution >= 0.6 is 15.9 Å². The number of benzene rings is 1. The summed E-state index contributed by atoms with van der Waals surface area (Å²) in [5.41, 5.74) is 0.541. The summed E-state index contributed by atoms with van der Waals surface area (Å²) in [5.74, 6) is 0.102. The molecule has 1 unspecified atom stereocenters. The molecule has 0 aliphatic carbocycles. The van der Waals surface area contributed by atoms with E-state index in [9.17, 15) is 10.0 Å².